The van der Waals surface area contributed by atoms with E-state index in [0.29, 0.717) is 23.6 Å². The van der Waals surface area contributed by atoms with Gasteiger partial charge in [0.15, 0.2) is 0 Å². The smallest absolute Gasteiger partial charge is 0.268 e. The fourth-order valence-corrected chi connectivity index (χ4v) is 2.76. The van der Waals surface area contributed by atoms with Crippen molar-refractivity contribution in [2.75, 3.05) is 19.5 Å². The van der Waals surface area contributed by atoms with Gasteiger partial charge in [-0.05, 0) is 42.3 Å². The first kappa shape index (κ1) is 17.8. The van der Waals surface area contributed by atoms with Crippen LogP contribution in [0.1, 0.15) is 24.5 Å². The van der Waals surface area contributed by atoms with Crippen LogP contribution in [0.3, 0.4) is 0 Å². The highest BCUT2D eigenvalue weighted by atomic mass is 16.6. The zero-order valence-corrected chi connectivity index (χ0v) is 15.1. The number of benzene rings is 2. The van der Waals surface area contributed by atoms with E-state index in [1.165, 1.54) is 5.56 Å². The van der Waals surface area contributed by atoms with Gasteiger partial charge in [-0.15, -0.1) is 0 Å². The molecule has 0 aliphatic carbocycles. The molecule has 0 radical (unpaired) electrons. The van der Waals surface area contributed by atoms with Crippen molar-refractivity contribution in [3.8, 4) is 11.5 Å². The third-order valence-electron chi connectivity index (χ3n) is 4.31. The van der Waals surface area contributed by atoms with Crippen molar-refractivity contribution in [3.63, 3.8) is 0 Å². The van der Waals surface area contributed by atoms with Crippen molar-refractivity contribution in [1.29, 1.82) is 0 Å². The summed E-state index contributed by atoms with van der Waals surface area (Å²) in [6, 6.07) is 13.2. The maximum absolute atomic E-state index is 12.5. The van der Waals surface area contributed by atoms with Gasteiger partial charge >= 0.3 is 0 Å². The number of hydrogen-bond acceptors (Lipinski definition) is 5. The Morgan fingerprint density at radius 3 is 2.62 bits per heavy atom. The molecule has 1 heterocycles. The molecule has 0 unspecified atom stereocenters. The van der Waals surface area contributed by atoms with Crippen LogP contribution in [-0.4, -0.2) is 31.9 Å². The minimum Gasteiger partial charge on any atom is -0.497 e. The average molecular weight is 354 g/mol. The van der Waals surface area contributed by atoms with E-state index in [1.54, 1.807) is 20.3 Å². The molecule has 1 atom stereocenters. The van der Waals surface area contributed by atoms with Crippen molar-refractivity contribution in [2.24, 2.45) is 5.16 Å². The lowest BCUT2D eigenvalue weighted by molar-refractivity contribution is -0.125. The second kappa shape index (κ2) is 7.91. The van der Waals surface area contributed by atoms with Crippen molar-refractivity contribution < 1.29 is 19.1 Å². The average Bonchev–Trinajstić information content (AvgIpc) is 3.18. The number of carbonyl (C=O) groups excluding carboxylic acids is 1. The molecule has 0 fully saturated rings. The Morgan fingerprint density at radius 1 is 1.19 bits per heavy atom. The van der Waals surface area contributed by atoms with Crippen LogP contribution in [-0.2, 0) is 16.1 Å². The molecule has 6 heteroatoms. The number of rotatable bonds is 6. The van der Waals surface area contributed by atoms with Gasteiger partial charge in [0.1, 0.15) is 11.5 Å². The molecule has 2 aromatic rings. The predicted molar refractivity (Wildman–Crippen MR) is 100 cm³/mol. The summed E-state index contributed by atoms with van der Waals surface area (Å²) < 4.78 is 10.6. The summed E-state index contributed by atoms with van der Waals surface area (Å²) in [5, 5.41) is 6.95. The Bertz CT molecular complexity index is 815. The van der Waals surface area contributed by atoms with E-state index in [-0.39, 0.29) is 5.91 Å². The normalized spacial score (nSPS) is 15.8. The number of carbonyl (C=O) groups is 1. The minimum atomic E-state index is -0.674. The lowest BCUT2D eigenvalue weighted by atomic mass is 10.0. The predicted octanol–water partition coefficient (Wildman–Crippen LogP) is 3.40. The first-order valence-corrected chi connectivity index (χ1v) is 8.49. The Labute approximate surface area is 152 Å². The summed E-state index contributed by atoms with van der Waals surface area (Å²) in [5.74, 6) is 1.12. The van der Waals surface area contributed by atoms with Gasteiger partial charge in [0.2, 0.25) is 6.10 Å². The molecule has 2 aromatic carbocycles. The molecule has 1 aliphatic rings. The van der Waals surface area contributed by atoms with E-state index in [9.17, 15) is 4.79 Å². The molecule has 1 amide bonds. The maximum Gasteiger partial charge on any atom is 0.268 e. The molecule has 0 saturated carbocycles. The van der Waals surface area contributed by atoms with Gasteiger partial charge in [-0.2, -0.15) is 0 Å². The Hall–Kier alpha value is -3.02. The van der Waals surface area contributed by atoms with E-state index >= 15 is 0 Å². The minimum absolute atomic E-state index is 0.227. The largest absolute Gasteiger partial charge is 0.497 e. The van der Waals surface area contributed by atoms with Crippen LogP contribution in [0.15, 0.2) is 47.6 Å². The lowest BCUT2D eigenvalue weighted by Crippen LogP contribution is -2.28. The molecule has 136 valence electrons. The molecular formula is C20H22N2O4. The Balaban J connectivity index is 1.68. The molecule has 0 bridgehead atoms. The second-order valence-corrected chi connectivity index (χ2v) is 5.94. The first-order chi connectivity index (χ1) is 12.6. The van der Waals surface area contributed by atoms with Crippen molar-refractivity contribution in [2.45, 2.75) is 25.9 Å². The number of aryl methyl sites for hydroxylation is 1. The molecule has 26 heavy (non-hydrogen) atoms. The number of amides is 1. The van der Waals surface area contributed by atoms with E-state index in [2.05, 4.69) is 17.4 Å². The monoisotopic (exact) mass is 354 g/mol. The SMILES string of the molecule is CCc1ccc(NC(=O)[C@H]2CC(c3cc(OC)ccc3OC)=NO2)cc1. The van der Waals surface area contributed by atoms with Crippen LogP contribution in [0.2, 0.25) is 0 Å². The molecule has 0 spiro atoms. The maximum atomic E-state index is 12.5. The Morgan fingerprint density at radius 2 is 1.96 bits per heavy atom. The number of ether oxygens (including phenoxy) is 2. The highest BCUT2D eigenvalue weighted by Gasteiger charge is 2.30. The molecule has 1 aliphatic heterocycles. The third-order valence-corrected chi connectivity index (χ3v) is 4.31. The summed E-state index contributed by atoms with van der Waals surface area (Å²) in [7, 11) is 3.18. The van der Waals surface area contributed by atoms with Crippen LogP contribution in [0, 0.1) is 0 Å². The molecular weight excluding hydrogens is 332 g/mol. The summed E-state index contributed by atoms with van der Waals surface area (Å²) in [4.78, 5) is 17.8. The lowest BCUT2D eigenvalue weighted by Gasteiger charge is -2.11. The third kappa shape index (κ3) is 3.79. The van der Waals surface area contributed by atoms with E-state index in [0.717, 1.165) is 17.7 Å². The number of nitrogens with zero attached hydrogens (tertiary/aromatic N) is 1. The van der Waals surface area contributed by atoms with Crippen molar-refractivity contribution >= 4 is 17.3 Å². The van der Waals surface area contributed by atoms with Gasteiger partial charge in [0, 0.05) is 17.7 Å². The van der Waals surface area contributed by atoms with E-state index in [4.69, 9.17) is 14.3 Å². The highest BCUT2D eigenvalue weighted by Crippen LogP contribution is 2.29. The fourth-order valence-electron chi connectivity index (χ4n) is 2.76. The molecule has 6 nitrogen and oxygen atoms in total. The molecule has 3 rings (SSSR count). The van der Waals surface area contributed by atoms with Gasteiger partial charge < -0.3 is 19.6 Å². The second-order valence-electron chi connectivity index (χ2n) is 5.94. The van der Waals surface area contributed by atoms with E-state index < -0.39 is 6.10 Å². The van der Waals surface area contributed by atoms with Crippen molar-refractivity contribution in [3.05, 3.63) is 53.6 Å². The van der Waals surface area contributed by atoms with Crippen molar-refractivity contribution in [1.82, 2.24) is 0 Å². The zero-order valence-electron chi connectivity index (χ0n) is 15.1. The van der Waals surface area contributed by atoms with Gasteiger partial charge in [0.25, 0.3) is 5.91 Å². The number of oxime groups is 1. The molecule has 0 saturated heterocycles. The van der Waals surface area contributed by atoms with Crippen LogP contribution in [0.5, 0.6) is 11.5 Å². The number of hydrogen-bond donors (Lipinski definition) is 1. The highest BCUT2D eigenvalue weighted by molar-refractivity contribution is 6.07. The van der Waals surface area contributed by atoms with Gasteiger partial charge in [-0.1, -0.05) is 24.2 Å². The summed E-state index contributed by atoms with van der Waals surface area (Å²) in [5.41, 5.74) is 3.37. The number of methoxy groups -OCH3 is 2. The summed E-state index contributed by atoms with van der Waals surface area (Å²) in [6.45, 7) is 2.09. The molecule has 0 aromatic heterocycles. The Kier molecular flexibility index (Phi) is 5.41. The van der Waals surface area contributed by atoms with Crippen LogP contribution in [0.25, 0.3) is 0 Å². The van der Waals surface area contributed by atoms with Gasteiger partial charge in [-0.3, -0.25) is 4.79 Å². The number of anilines is 1. The van der Waals surface area contributed by atoms with Crippen LogP contribution in [0.4, 0.5) is 5.69 Å². The first-order valence-electron chi connectivity index (χ1n) is 8.49. The standard InChI is InChI=1S/C20H22N2O4/c1-4-13-5-7-14(8-6-13)21-20(23)19-12-17(22-26-19)16-11-15(24-2)9-10-18(16)25-3/h5-11,19H,4,12H2,1-3H3,(H,21,23)/t19-/m1/s1. The summed E-state index contributed by atoms with van der Waals surface area (Å²) >= 11 is 0. The topological polar surface area (TPSA) is 69.2 Å². The van der Waals surface area contributed by atoms with Crippen LogP contribution >= 0.6 is 0 Å². The van der Waals surface area contributed by atoms with E-state index in [1.807, 2.05) is 36.4 Å². The van der Waals surface area contributed by atoms with Crippen LogP contribution < -0.4 is 14.8 Å². The molecule has 1 N–H and O–H groups in total. The van der Waals surface area contributed by atoms with Gasteiger partial charge in [-0.25, -0.2) is 0 Å². The zero-order chi connectivity index (χ0) is 18.5. The number of nitrogens with one attached hydrogen (secondary N) is 1. The summed E-state index contributed by atoms with van der Waals surface area (Å²) in [6.07, 6.45) is 0.647. The quantitative estimate of drug-likeness (QED) is 0.863. The van der Waals surface area contributed by atoms with Gasteiger partial charge in [0.05, 0.1) is 19.9 Å². The fraction of sp³-hybridized carbons (Fsp3) is 0.300.